The second-order valence-corrected chi connectivity index (χ2v) is 18.5. The molecule has 5 nitrogen and oxygen atoms in total. The molecular formula is C71H50N2O3+2. The minimum absolute atomic E-state index is 0.0932. The van der Waals surface area contributed by atoms with Gasteiger partial charge in [0.2, 0.25) is 34.2 Å². The van der Waals surface area contributed by atoms with Gasteiger partial charge in [-0.2, -0.15) is 9.13 Å². The molecule has 76 heavy (non-hydrogen) atoms. The van der Waals surface area contributed by atoms with Crippen LogP contribution in [0.25, 0.3) is 78.7 Å². The molecule has 360 valence electrons. The zero-order valence-electron chi connectivity index (χ0n) is 41.5. The molecule has 0 saturated carbocycles. The summed E-state index contributed by atoms with van der Waals surface area (Å²) in [6, 6.07) is 103. The number of carbonyl (C=O) groups excluding carboxylic acids is 1. The van der Waals surface area contributed by atoms with Crippen LogP contribution in [-0.2, 0) is 0 Å². The number of ether oxygens (including phenoxy) is 2. The van der Waals surface area contributed by atoms with Crippen LogP contribution in [0.2, 0.25) is 0 Å². The summed E-state index contributed by atoms with van der Waals surface area (Å²) in [5.74, 6) is 2.53. The number of nitrogens with zero attached hydrogens (tertiary/aromatic N) is 2. The normalized spacial score (nSPS) is 10.9. The van der Waals surface area contributed by atoms with Crippen LogP contribution in [0.4, 0.5) is 0 Å². The van der Waals surface area contributed by atoms with Crippen molar-refractivity contribution < 1.29 is 23.4 Å². The first-order chi connectivity index (χ1) is 37.6. The number of pyridine rings is 2. The molecule has 0 spiro atoms. The summed E-state index contributed by atoms with van der Waals surface area (Å²) >= 11 is 0. The van der Waals surface area contributed by atoms with Crippen molar-refractivity contribution in [1.29, 1.82) is 0 Å². The summed E-state index contributed by atoms with van der Waals surface area (Å²) in [7, 11) is 0. The quantitative estimate of drug-likeness (QED) is 0.0805. The van der Waals surface area contributed by atoms with E-state index in [2.05, 4.69) is 203 Å². The SMILES string of the molecule is O=C(c1ccc(Oc2ccc(-[n+]3c(-c4ccccc4)cc(-c4ccccc4)cc3-c3ccccc3)cc2)cc1)c1ccc(Oc2ccc(-[n+]3c(-c4ccccc4)cc(-c4ccccc4)cc3-c3ccccc3)cc2)cc1. The minimum Gasteiger partial charge on any atom is -0.457 e. The van der Waals surface area contributed by atoms with Crippen LogP contribution in [0.5, 0.6) is 23.0 Å². The molecule has 0 aliphatic heterocycles. The summed E-state index contributed by atoms with van der Waals surface area (Å²) in [6.07, 6.45) is 0. The van der Waals surface area contributed by atoms with Crippen molar-refractivity contribution >= 4 is 5.78 Å². The summed E-state index contributed by atoms with van der Waals surface area (Å²) in [5, 5.41) is 0. The van der Waals surface area contributed by atoms with Crippen LogP contribution in [0, 0.1) is 0 Å². The van der Waals surface area contributed by atoms with Gasteiger partial charge in [0.25, 0.3) is 0 Å². The first-order valence-electron chi connectivity index (χ1n) is 25.4. The van der Waals surface area contributed by atoms with E-state index in [1.54, 1.807) is 24.3 Å². The zero-order chi connectivity index (χ0) is 51.0. The smallest absolute Gasteiger partial charge is 0.219 e. The van der Waals surface area contributed by atoms with Gasteiger partial charge in [-0.3, -0.25) is 4.79 Å². The van der Waals surface area contributed by atoms with Crippen LogP contribution in [0.1, 0.15) is 15.9 Å². The molecule has 2 heterocycles. The summed E-state index contributed by atoms with van der Waals surface area (Å²) < 4.78 is 17.3. The van der Waals surface area contributed by atoms with E-state index in [0.29, 0.717) is 34.1 Å². The number of hydrogen-bond acceptors (Lipinski definition) is 3. The second kappa shape index (κ2) is 21.5. The minimum atomic E-state index is -0.0932. The number of rotatable bonds is 14. The molecule has 0 bridgehead atoms. The number of benzene rings is 10. The molecule has 0 fully saturated rings. The second-order valence-electron chi connectivity index (χ2n) is 18.5. The van der Waals surface area contributed by atoms with Crippen LogP contribution < -0.4 is 18.6 Å². The van der Waals surface area contributed by atoms with Gasteiger partial charge in [0.05, 0.1) is 0 Å². The van der Waals surface area contributed by atoms with Gasteiger partial charge in [0.1, 0.15) is 23.0 Å². The van der Waals surface area contributed by atoms with Crippen molar-refractivity contribution in [2.75, 3.05) is 0 Å². The zero-order valence-corrected chi connectivity index (χ0v) is 41.5. The average Bonchev–Trinajstić information content (AvgIpc) is 3.52. The molecule has 0 amide bonds. The number of hydrogen-bond donors (Lipinski definition) is 0. The van der Waals surface area contributed by atoms with Crippen LogP contribution >= 0.6 is 0 Å². The van der Waals surface area contributed by atoms with Crippen LogP contribution in [0.3, 0.4) is 0 Å². The monoisotopic (exact) mass is 978 g/mol. The molecule has 0 saturated heterocycles. The Kier molecular flexibility index (Phi) is 13.2. The third-order valence-electron chi connectivity index (χ3n) is 13.5. The van der Waals surface area contributed by atoms with Gasteiger partial charge in [0, 0.05) is 81.9 Å². The predicted octanol–water partition coefficient (Wildman–Crippen LogP) is 17.1. The molecule has 12 rings (SSSR count). The Balaban J connectivity index is 0.754. The van der Waals surface area contributed by atoms with Gasteiger partial charge < -0.3 is 9.47 Å². The largest absolute Gasteiger partial charge is 0.457 e. The molecule has 0 atom stereocenters. The Labute approximate surface area is 443 Å². The topological polar surface area (TPSA) is 43.3 Å². The number of ketones is 1. The van der Waals surface area contributed by atoms with Gasteiger partial charge in [-0.25, -0.2) is 0 Å². The first-order valence-corrected chi connectivity index (χ1v) is 25.4. The van der Waals surface area contributed by atoms with Gasteiger partial charge in [0.15, 0.2) is 5.78 Å². The third kappa shape index (κ3) is 10.1. The van der Waals surface area contributed by atoms with Gasteiger partial charge in [-0.15, -0.1) is 0 Å². The molecule has 0 aliphatic rings. The van der Waals surface area contributed by atoms with Gasteiger partial charge in [-0.05, 0) is 144 Å². The molecule has 0 unspecified atom stereocenters. The summed E-state index contributed by atoms with van der Waals surface area (Å²) in [6.45, 7) is 0. The molecule has 12 aromatic rings. The van der Waals surface area contributed by atoms with E-state index in [0.717, 1.165) is 78.7 Å². The molecule has 0 radical (unpaired) electrons. The average molecular weight is 979 g/mol. The van der Waals surface area contributed by atoms with Crippen molar-refractivity contribution in [2.24, 2.45) is 0 Å². The molecule has 5 heteroatoms. The lowest BCUT2D eigenvalue weighted by Crippen LogP contribution is -2.36. The van der Waals surface area contributed by atoms with Crippen molar-refractivity contribution in [3.05, 3.63) is 314 Å². The molecular weight excluding hydrogens is 929 g/mol. The van der Waals surface area contributed by atoms with Gasteiger partial charge in [-0.1, -0.05) is 133 Å². The Bertz CT molecular complexity index is 3530. The predicted molar refractivity (Wildman–Crippen MR) is 305 cm³/mol. The van der Waals surface area contributed by atoms with Crippen LogP contribution in [0.15, 0.2) is 303 Å². The van der Waals surface area contributed by atoms with E-state index in [1.165, 1.54) is 0 Å². The van der Waals surface area contributed by atoms with Crippen molar-refractivity contribution in [3.63, 3.8) is 0 Å². The summed E-state index contributed by atoms with van der Waals surface area (Å²) in [5.41, 5.74) is 16.4. The fraction of sp³-hybridized carbons (Fsp3) is 0. The van der Waals surface area contributed by atoms with E-state index >= 15 is 0 Å². The number of aromatic nitrogens is 2. The lowest BCUT2D eigenvalue weighted by Gasteiger charge is -2.13. The Morgan fingerprint density at radius 2 is 0.461 bits per heavy atom. The third-order valence-corrected chi connectivity index (χ3v) is 13.5. The van der Waals surface area contributed by atoms with Crippen molar-refractivity contribution in [2.45, 2.75) is 0 Å². The molecule has 10 aromatic carbocycles. The first kappa shape index (κ1) is 46.8. The Hall–Kier alpha value is -10.2. The highest BCUT2D eigenvalue weighted by atomic mass is 16.5. The Morgan fingerprint density at radius 3 is 0.711 bits per heavy atom. The van der Waals surface area contributed by atoms with E-state index in [-0.39, 0.29) is 5.78 Å². The fourth-order valence-electron chi connectivity index (χ4n) is 9.74. The maximum Gasteiger partial charge on any atom is 0.219 e. The molecule has 0 N–H and O–H groups in total. The Morgan fingerprint density at radius 1 is 0.237 bits per heavy atom. The fourth-order valence-corrected chi connectivity index (χ4v) is 9.74. The lowest BCUT2D eigenvalue weighted by molar-refractivity contribution is -0.572. The van der Waals surface area contributed by atoms with Gasteiger partial charge >= 0.3 is 0 Å². The lowest BCUT2D eigenvalue weighted by atomic mass is 9.98. The number of carbonyl (C=O) groups is 1. The summed E-state index contributed by atoms with van der Waals surface area (Å²) in [4.78, 5) is 13.8. The van der Waals surface area contributed by atoms with Crippen LogP contribution in [-0.4, -0.2) is 5.78 Å². The van der Waals surface area contributed by atoms with E-state index < -0.39 is 0 Å². The van der Waals surface area contributed by atoms with Crippen molar-refractivity contribution in [1.82, 2.24) is 0 Å². The molecule has 2 aromatic heterocycles. The maximum absolute atomic E-state index is 13.8. The maximum atomic E-state index is 13.8. The molecule has 0 aliphatic carbocycles. The van der Waals surface area contributed by atoms with E-state index in [9.17, 15) is 4.79 Å². The highest BCUT2D eigenvalue weighted by Gasteiger charge is 2.27. The highest BCUT2D eigenvalue weighted by molar-refractivity contribution is 6.09. The highest BCUT2D eigenvalue weighted by Crippen LogP contribution is 2.34. The van der Waals surface area contributed by atoms with Crippen molar-refractivity contribution in [3.8, 4) is 102 Å². The van der Waals surface area contributed by atoms with E-state index in [1.807, 2.05) is 84.9 Å². The standard InChI is InChI=1S/C71H50N2O3/c74-71(57-31-39-63(40-32-57)75-65-43-35-61(36-44-65)72-67(53-23-11-3-12-24-53)47-59(51-19-7-1-8-20-51)48-68(72)54-25-13-4-14-26-54)58-33-41-64(42-34-58)76-66-45-37-62(38-46-66)73-69(55-27-15-5-16-28-55)49-60(52-21-9-2-10-22-52)50-70(73)56-29-17-6-18-30-56/h1-50H/q+2. The van der Waals surface area contributed by atoms with E-state index in [4.69, 9.17) is 9.47 Å².